The Hall–Kier alpha value is -2.41. The highest BCUT2D eigenvalue weighted by Crippen LogP contribution is 2.14. The monoisotopic (exact) mass is 433 g/mol. The number of hydrogen-bond donors (Lipinski definition) is 2. The third kappa shape index (κ3) is 9.96. The molecule has 2 amide bonds. The van der Waals surface area contributed by atoms with Gasteiger partial charge in [-0.05, 0) is 36.7 Å². The van der Waals surface area contributed by atoms with Crippen molar-refractivity contribution in [2.75, 3.05) is 6.61 Å². The van der Waals surface area contributed by atoms with Crippen molar-refractivity contribution in [1.29, 1.82) is 0 Å². The summed E-state index contributed by atoms with van der Waals surface area (Å²) in [5.74, 6) is 5.01. The highest BCUT2D eigenvalue weighted by atomic mass is 16.5. The fourth-order valence-corrected chi connectivity index (χ4v) is 3.34. The zero-order chi connectivity index (χ0) is 23.4. The number of rotatable bonds is 13. The molecule has 0 saturated carbocycles. The highest BCUT2D eigenvalue weighted by Gasteiger charge is 2.32. The van der Waals surface area contributed by atoms with Crippen molar-refractivity contribution in [1.82, 2.24) is 10.3 Å². The Kier molecular flexibility index (Phi) is 11.9. The first-order valence-electron chi connectivity index (χ1n) is 11.2. The van der Waals surface area contributed by atoms with Crippen LogP contribution in [0.3, 0.4) is 0 Å². The van der Waals surface area contributed by atoms with Crippen LogP contribution in [0.2, 0.25) is 0 Å². The molecule has 0 radical (unpaired) electrons. The van der Waals surface area contributed by atoms with Crippen LogP contribution in [-0.4, -0.2) is 41.5 Å². The molecule has 0 aromatic heterocycles. The molecule has 0 spiro atoms. The number of nitrogens with zero attached hydrogens (tertiary/aromatic N) is 1. The van der Waals surface area contributed by atoms with Crippen molar-refractivity contribution in [2.45, 2.75) is 78.8 Å². The number of benzene rings is 1. The summed E-state index contributed by atoms with van der Waals surface area (Å²) in [4.78, 5) is 36.6. The fourth-order valence-electron chi connectivity index (χ4n) is 3.34. The zero-order valence-corrected chi connectivity index (χ0v) is 19.6. The SMILES string of the molecule is CC(=O)OC[C@@H](NC(=O)[C@H](C(C)C)N(N)C(=O)CCCCCc1ccccc1)C(C)C. The summed E-state index contributed by atoms with van der Waals surface area (Å²) < 4.78 is 5.06. The second kappa shape index (κ2) is 13.8. The molecule has 0 fully saturated rings. The van der Waals surface area contributed by atoms with E-state index in [0.29, 0.717) is 6.42 Å². The van der Waals surface area contributed by atoms with Crippen LogP contribution < -0.4 is 11.2 Å². The number of esters is 1. The van der Waals surface area contributed by atoms with Gasteiger partial charge >= 0.3 is 5.97 Å². The first-order chi connectivity index (χ1) is 14.6. The van der Waals surface area contributed by atoms with E-state index in [9.17, 15) is 14.4 Å². The molecule has 0 aliphatic rings. The maximum absolute atomic E-state index is 12.9. The second-order valence-corrected chi connectivity index (χ2v) is 8.70. The number of carbonyl (C=O) groups is 3. The van der Waals surface area contributed by atoms with Crippen LogP contribution in [0.15, 0.2) is 30.3 Å². The average molecular weight is 434 g/mol. The fraction of sp³-hybridized carbons (Fsp3) is 0.625. The van der Waals surface area contributed by atoms with Crippen molar-refractivity contribution in [2.24, 2.45) is 17.7 Å². The number of carbonyl (C=O) groups excluding carboxylic acids is 3. The lowest BCUT2D eigenvalue weighted by molar-refractivity contribution is -0.145. The number of hydrogen-bond acceptors (Lipinski definition) is 5. The summed E-state index contributed by atoms with van der Waals surface area (Å²) in [6.45, 7) is 8.99. The molecule has 0 heterocycles. The van der Waals surface area contributed by atoms with Gasteiger partial charge in [-0.1, -0.05) is 64.4 Å². The van der Waals surface area contributed by atoms with Crippen LogP contribution in [-0.2, 0) is 25.5 Å². The molecule has 0 saturated heterocycles. The van der Waals surface area contributed by atoms with Crippen LogP contribution in [0.5, 0.6) is 0 Å². The Balaban J connectivity index is 2.55. The van der Waals surface area contributed by atoms with Gasteiger partial charge in [0.1, 0.15) is 12.6 Å². The van der Waals surface area contributed by atoms with Crippen molar-refractivity contribution in [3.05, 3.63) is 35.9 Å². The van der Waals surface area contributed by atoms with E-state index in [1.807, 2.05) is 45.9 Å². The van der Waals surface area contributed by atoms with Crippen LogP contribution in [0, 0.1) is 11.8 Å². The van der Waals surface area contributed by atoms with Gasteiger partial charge in [0.15, 0.2) is 0 Å². The van der Waals surface area contributed by atoms with Crippen molar-refractivity contribution >= 4 is 17.8 Å². The third-order valence-electron chi connectivity index (χ3n) is 5.29. The lowest BCUT2D eigenvalue weighted by Crippen LogP contribution is -2.58. The van der Waals surface area contributed by atoms with E-state index in [1.54, 1.807) is 0 Å². The van der Waals surface area contributed by atoms with E-state index in [4.69, 9.17) is 10.6 Å². The van der Waals surface area contributed by atoms with Crippen LogP contribution >= 0.6 is 0 Å². The Labute approximate surface area is 186 Å². The molecule has 0 aliphatic heterocycles. The highest BCUT2D eigenvalue weighted by molar-refractivity contribution is 5.87. The Morgan fingerprint density at radius 2 is 1.65 bits per heavy atom. The first kappa shape index (κ1) is 26.6. The molecule has 7 nitrogen and oxygen atoms in total. The van der Waals surface area contributed by atoms with Crippen LogP contribution in [0.1, 0.15) is 65.9 Å². The number of amides is 2. The normalized spacial score (nSPS) is 13.0. The Bertz CT molecular complexity index is 691. The number of unbranched alkanes of at least 4 members (excludes halogenated alkanes) is 2. The molecular weight excluding hydrogens is 394 g/mol. The smallest absolute Gasteiger partial charge is 0.302 e. The Morgan fingerprint density at radius 3 is 2.19 bits per heavy atom. The van der Waals surface area contributed by atoms with Gasteiger partial charge in [-0.25, -0.2) is 5.84 Å². The van der Waals surface area contributed by atoms with E-state index >= 15 is 0 Å². The molecule has 3 N–H and O–H groups in total. The van der Waals surface area contributed by atoms with Gasteiger partial charge in [0, 0.05) is 13.3 Å². The molecule has 174 valence electrons. The third-order valence-corrected chi connectivity index (χ3v) is 5.29. The maximum atomic E-state index is 12.9. The Morgan fingerprint density at radius 1 is 1.00 bits per heavy atom. The molecular formula is C24H39N3O4. The average Bonchev–Trinajstić information content (AvgIpc) is 2.70. The van der Waals surface area contributed by atoms with E-state index in [2.05, 4.69) is 17.4 Å². The molecule has 1 aromatic rings. The molecule has 0 bridgehead atoms. The summed E-state index contributed by atoms with van der Waals surface area (Å²) in [5.41, 5.74) is 1.29. The second-order valence-electron chi connectivity index (χ2n) is 8.70. The number of nitrogens with one attached hydrogen (secondary N) is 1. The van der Waals surface area contributed by atoms with Gasteiger partial charge in [0.25, 0.3) is 0 Å². The minimum Gasteiger partial charge on any atom is -0.464 e. The van der Waals surface area contributed by atoms with E-state index in [0.717, 1.165) is 30.7 Å². The van der Waals surface area contributed by atoms with Crippen molar-refractivity contribution < 1.29 is 19.1 Å². The minimum atomic E-state index is -0.782. The number of aryl methyl sites for hydroxylation is 1. The van der Waals surface area contributed by atoms with E-state index in [-0.39, 0.29) is 36.3 Å². The summed E-state index contributed by atoms with van der Waals surface area (Å²) in [7, 11) is 0. The van der Waals surface area contributed by atoms with Crippen LogP contribution in [0.4, 0.5) is 0 Å². The lowest BCUT2D eigenvalue weighted by atomic mass is 9.99. The summed E-state index contributed by atoms with van der Waals surface area (Å²) in [5, 5.41) is 3.96. The van der Waals surface area contributed by atoms with Crippen molar-refractivity contribution in [3.8, 4) is 0 Å². The first-order valence-corrected chi connectivity index (χ1v) is 11.2. The molecule has 0 unspecified atom stereocenters. The number of nitrogens with two attached hydrogens (primary N) is 1. The summed E-state index contributed by atoms with van der Waals surface area (Å²) in [6, 6.07) is 9.12. The number of hydrazine groups is 1. The number of ether oxygens (including phenoxy) is 1. The lowest BCUT2D eigenvalue weighted by Gasteiger charge is -2.32. The van der Waals surface area contributed by atoms with Gasteiger partial charge in [0.2, 0.25) is 11.8 Å². The predicted octanol–water partition coefficient (Wildman–Crippen LogP) is 3.22. The van der Waals surface area contributed by atoms with Gasteiger partial charge in [-0.3, -0.25) is 19.4 Å². The molecule has 31 heavy (non-hydrogen) atoms. The van der Waals surface area contributed by atoms with Crippen molar-refractivity contribution in [3.63, 3.8) is 0 Å². The maximum Gasteiger partial charge on any atom is 0.302 e. The minimum absolute atomic E-state index is 0.0580. The largest absolute Gasteiger partial charge is 0.464 e. The van der Waals surface area contributed by atoms with E-state index < -0.39 is 12.0 Å². The summed E-state index contributed by atoms with van der Waals surface area (Å²) in [6.07, 6.45) is 3.94. The molecule has 2 atom stereocenters. The molecule has 0 aliphatic carbocycles. The van der Waals surface area contributed by atoms with Gasteiger partial charge in [-0.2, -0.15) is 0 Å². The molecule has 1 aromatic carbocycles. The van der Waals surface area contributed by atoms with Gasteiger partial charge in [0.05, 0.1) is 6.04 Å². The predicted molar refractivity (Wildman–Crippen MR) is 122 cm³/mol. The topological polar surface area (TPSA) is 102 Å². The molecule has 7 heteroatoms. The van der Waals surface area contributed by atoms with Gasteiger partial charge in [-0.15, -0.1) is 0 Å². The zero-order valence-electron chi connectivity index (χ0n) is 19.6. The standard InChI is InChI=1S/C24H39N3O4/c1-17(2)21(16-31-19(5)28)26-24(30)23(18(3)4)27(25)22(29)15-11-7-10-14-20-12-8-6-9-13-20/h6,8-9,12-13,17-18,21,23H,7,10-11,14-16,25H2,1-5H3,(H,26,30)/t21-,23+/m1/s1. The molecule has 1 rings (SSSR count). The van der Waals surface area contributed by atoms with E-state index in [1.165, 1.54) is 12.5 Å². The van der Waals surface area contributed by atoms with Crippen LogP contribution in [0.25, 0.3) is 0 Å². The quantitative estimate of drug-likeness (QED) is 0.163. The van der Waals surface area contributed by atoms with Gasteiger partial charge < -0.3 is 10.1 Å². The summed E-state index contributed by atoms with van der Waals surface area (Å²) >= 11 is 0.